The number of benzene rings is 3. The van der Waals surface area contributed by atoms with Crippen molar-refractivity contribution in [3.63, 3.8) is 0 Å². The first-order valence-corrected chi connectivity index (χ1v) is 7.80. The minimum atomic E-state index is -0.358. The van der Waals surface area contributed by atoms with Crippen LogP contribution < -0.4 is 0 Å². The summed E-state index contributed by atoms with van der Waals surface area (Å²) in [5.41, 5.74) is 0.787. The molecule has 1 N–H and O–H groups in total. The van der Waals surface area contributed by atoms with Gasteiger partial charge in [-0.1, -0.05) is 42.5 Å². The molecule has 1 aliphatic rings. The molecule has 0 spiro atoms. The van der Waals surface area contributed by atoms with E-state index in [0.29, 0.717) is 16.0 Å². The number of nitrogens with zero attached hydrogens (tertiary/aromatic N) is 1. The molecule has 0 atom stereocenters. The monoisotopic (exact) mass is 321 g/mol. The van der Waals surface area contributed by atoms with Gasteiger partial charge in [-0.3, -0.25) is 9.59 Å². The molecule has 1 aliphatic heterocycles. The molecule has 23 heavy (non-hydrogen) atoms. The molecule has 4 rings (SSSR count). The standard InChI is InChI=1S/C18H11NO3S/c20-15-10-9-11-5-1-2-6-12(11)16(15)23-19-17(21)13-7-3-4-8-14(13)18(19)22/h1-10,20H. The Morgan fingerprint density at radius 3 is 2.09 bits per heavy atom. The Morgan fingerprint density at radius 1 is 0.783 bits per heavy atom. The molecule has 0 radical (unpaired) electrons. The maximum Gasteiger partial charge on any atom is 0.272 e. The Hall–Kier alpha value is -2.79. The van der Waals surface area contributed by atoms with Crippen LogP contribution in [-0.4, -0.2) is 21.2 Å². The molecule has 0 fully saturated rings. The van der Waals surface area contributed by atoms with Gasteiger partial charge in [0.25, 0.3) is 11.8 Å². The van der Waals surface area contributed by atoms with E-state index < -0.39 is 0 Å². The molecule has 0 aliphatic carbocycles. The second kappa shape index (κ2) is 5.14. The molecular weight excluding hydrogens is 310 g/mol. The minimum Gasteiger partial charge on any atom is -0.507 e. The zero-order chi connectivity index (χ0) is 16.0. The highest BCUT2D eigenvalue weighted by atomic mass is 32.2. The van der Waals surface area contributed by atoms with Gasteiger partial charge >= 0.3 is 0 Å². The van der Waals surface area contributed by atoms with Gasteiger partial charge in [-0.05, 0) is 23.6 Å². The highest BCUT2D eigenvalue weighted by molar-refractivity contribution is 7.98. The number of carbonyl (C=O) groups excluding carboxylic acids is 2. The van der Waals surface area contributed by atoms with Gasteiger partial charge in [0.05, 0.1) is 16.0 Å². The van der Waals surface area contributed by atoms with E-state index in [4.69, 9.17) is 0 Å². The van der Waals surface area contributed by atoms with Crippen LogP contribution in [0.4, 0.5) is 0 Å². The van der Waals surface area contributed by atoms with E-state index in [1.807, 2.05) is 24.3 Å². The second-order valence-corrected chi connectivity index (χ2v) is 6.13. The Kier molecular flexibility index (Phi) is 3.09. The quantitative estimate of drug-likeness (QED) is 0.575. The van der Waals surface area contributed by atoms with Crippen molar-refractivity contribution in [3.8, 4) is 5.75 Å². The molecule has 0 aromatic heterocycles. The minimum absolute atomic E-state index is 0.0465. The van der Waals surface area contributed by atoms with Gasteiger partial charge in [0.2, 0.25) is 0 Å². The molecule has 112 valence electrons. The fourth-order valence-corrected chi connectivity index (χ4v) is 3.66. The first kappa shape index (κ1) is 13.8. The smallest absolute Gasteiger partial charge is 0.272 e. The lowest BCUT2D eigenvalue weighted by Gasteiger charge is -2.15. The van der Waals surface area contributed by atoms with E-state index in [0.717, 1.165) is 27.0 Å². The first-order valence-electron chi connectivity index (χ1n) is 7.03. The van der Waals surface area contributed by atoms with Crippen molar-refractivity contribution in [1.82, 2.24) is 4.31 Å². The van der Waals surface area contributed by atoms with Crippen molar-refractivity contribution in [2.24, 2.45) is 0 Å². The number of imide groups is 1. The summed E-state index contributed by atoms with van der Waals surface area (Å²) in [5.74, 6) is -0.670. The summed E-state index contributed by atoms with van der Waals surface area (Å²) in [7, 11) is 0. The zero-order valence-electron chi connectivity index (χ0n) is 11.9. The van der Waals surface area contributed by atoms with Crippen molar-refractivity contribution in [2.45, 2.75) is 4.90 Å². The van der Waals surface area contributed by atoms with Crippen molar-refractivity contribution >= 4 is 34.5 Å². The Labute approximate surface area is 136 Å². The summed E-state index contributed by atoms with van der Waals surface area (Å²) in [6.45, 7) is 0. The Bertz CT molecular complexity index is 932. The number of amides is 2. The third kappa shape index (κ3) is 2.09. The van der Waals surface area contributed by atoms with Crippen LogP contribution in [-0.2, 0) is 0 Å². The lowest BCUT2D eigenvalue weighted by molar-refractivity contribution is 0.0777. The molecule has 3 aromatic carbocycles. The molecule has 0 saturated heterocycles. The maximum absolute atomic E-state index is 12.5. The first-order chi connectivity index (χ1) is 11.2. The van der Waals surface area contributed by atoms with Gasteiger partial charge in [0, 0.05) is 17.3 Å². The van der Waals surface area contributed by atoms with Crippen LogP contribution in [0.3, 0.4) is 0 Å². The van der Waals surface area contributed by atoms with Gasteiger partial charge in [0.15, 0.2) is 0 Å². The van der Waals surface area contributed by atoms with Crippen molar-refractivity contribution in [3.05, 3.63) is 71.8 Å². The van der Waals surface area contributed by atoms with Crippen LogP contribution in [0, 0.1) is 0 Å². The highest BCUT2D eigenvalue weighted by Crippen LogP contribution is 2.40. The normalized spacial score (nSPS) is 13.7. The van der Waals surface area contributed by atoms with Crippen molar-refractivity contribution in [2.75, 3.05) is 0 Å². The van der Waals surface area contributed by atoms with Crippen LogP contribution in [0.25, 0.3) is 10.8 Å². The number of rotatable bonds is 2. The van der Waals surface area contributed by atoms with Gasteiger partial charge < -0.3 is 5.11 Å². The number of carbonyl (C=O) groups is 2. The third-order valence-electron chi connectivity index (χ3n) is 3.80. The van der Waals surface area contributed by atoms with Gasteiger partial charge in [-0.15, -0.1) is 0 Å². The van der Waals surface area contributed by atoms with Crippen LogP contribution in [0.2, 0.25) is 0 Å². The van der Waals surface area contributed by atoms with E-state index in [1.54, 1.807) is 36.4 Å². The summed E-state index contributed by atoms with van der Waals surface area (Å²) in [6.07, 6.45) is 0. The van der Waals surface area contributed by atoms with E-state index in [2.05, 4.69) is 0 Å². The molecular formula is C18H11NO3S. The molecule has 0 bridgehead atoms. The summed E-state index contributed by atoms with van der Waals surface area (Å²) < 4.78 is 1.10. The Morgan fingerprint density at radius 2 is 1.39 bits per heavy atom. The number of fused-ring (bicyclic) bond motifs is 2. The summed E-state index contributed by atoms with van der Waals surface area (Å²) >= 11 is 0.964. The number of hydrogen-bond donors (Lipinski definition) is 1. The lowest BCUT2D eigenvalue weighted by Crippen LogP contribution is -2.21. The van der Waals surface area contributed by atoms with Crippen molar-refractivity contribution < 1.29 is 14.7 Å². The fraction of sp³-hybridized carbons (Fsp3) is 0. The van der Waals surface area contributed by atoms with Crippen LogP contribution in [0.1, 0.15) is 20.7 Å². The molecule has 5 heteroatoms. The topological polar surface area (TPSA) is 57.6 Å². The third-order valence-corrected chi connectivity index (χ3v) is 4.92. The molecule has 2 amide bonds. The number of phenols is 1. The van der Waals surface area contributed by atoms with Gasteiger partial charge in [-0.25, -0.2) is 4.31 Å². The predicted molar refractivity (Wildman–Crippen MR) is 88.4 cm³/mol. The van der Waals surface area contributed by atoms with E-state index in [1.165, 1.54) is 0 Å². The average Bonchev–Trinajstić information content (AvgIpc) is 2.82. The van der Waals surface area contributed by atoms with E-state index in [9.17, 15) is 14.7 Å². The number of hydrogen-bond acceptors (Lipinski definition) is 4. The summed E-state index contributed by atoms with van der Waals surface area (Å²) in [5, 5.41) is 11.9. The molecule has 0 unspecified atom stereocenters. The zero-order valence-corrected chi connectivity index (χ0v) is 12.7. The van der Waals surface area contributed by atoms with Gasteiger partial charge in [-0.2, -0.15) is 0 Å². The van der Waals surface area contributed by atoms with Gasteiger partial charge in [0.1, 0.15) is 5.75 Å². The van der Waals surface area contributed by atoms with E-state index >= 15 is 0 Å². The van der Waals surface area contributed by atoms with E-state index in [-0.39, 0.29) is 17.6 Å². The fourth-order valence-electron chi connectivity index (χ4n) is 2.67. The molecule has 3 aromatic rings. The number of phenolic OH excluding ortho intramolecular Hbond substituents is 1. The van der Waals surface area contributed by atoms with Crippen LogP contribution in [0.5, 0.6) is 5.75 Å². The Balaban J connectivity index is 1.80. The average molecular weight is 321 g/mol. The van der Waals surface area contributed by atoms with Crippen LogP contribution >= 0.6 is 11.9 Å². The summed E-state index contributed by atoms with van der Waals surface area (Å²) in [4.78, 5) is 25.4. The number of aromatic hydroxyl groups is 1. The lowest BCUT2D eigenvalue weighted by atomic mass is 10.1. The molecule has 4 nitrogen and oxygen atoms in total. The second-order valence-electron chi connectivity index (χ2n) is 5.18. The summed E-state index contributed by atoms with van der Waals surface area (Å²) in [6, 6.07) is 17.6. The van der Waals surface area contributed by atoms with Crippen molar-refractivity contribution in [1.29, 1.82) is 0 Å². The SMILES string of the molecule is O=C1c2ccccc2C(=O)N1Sc1c(O)ccc2ccccc12. The van der Waals surface area contributed by atoms with Crippen LogP contribution in [0.15, 0.2) is 65.6 Å². The molecule has 0 saturated carbocycles. The predicted octanol–water partition coefficient (Wildman–Crippen LogP) is 3.85. The maximum atomic E-state index is 12.5. The molecule has 1 heterocycles. The largest absolute Gasteiger partial charge is 0.507 e. The highest BCUT2D eigenvalue weighted by Gasteiger charge is 2.36.